The second kappa shape index (κ2) is 5.43. The lowest BCUT2D eigenvalue weighted by molar-refractivity contribution is -0.383. The lowest BCUT2D eigenvalue weighted by Gasteiger charge is -2.06. The summed E-state index contributed by atoms with van der Waals surface area (Å²) >= 11 is 0. The van der Waals surface area contributed by atoms with Crippen molar-refractivity contribution in [1.29, 1.82) is 0 Å². The molecule has 0 bridgehead atoms. The van der Waals surface area contributed by atoms with Gasteiger partial charge in [0.2, 0.25) is 5.82 Å². The van der Waals surface area contributed by atoms with Gasteiger partial charge in [-0.15, -0.1) is 0 Å². The molecule has 0 spiro atoms. The molecule has 0 radical (unpaired) electrons. The molecule has 0 unspecified atom stereocenters. The van der Waals surface area contributed by atoms with Crippen LogP contribution in [0.5, 0.6) is 0 Å². The summed E-state index contributed by atoms with van der Waals surface area (Å²) in [7, 11) is 1.60. The van der Waals surface area contributed by atoms with E-state index in [4.69, 9.17) is 0 Å². The molecule has 0 saturated carbocycles. The van der Waals surface area contributed by atoms with Crippen LogP contribution in [0.1, 0.15) is 12.5 Å². The summed E-state index contributed by atoms with van der Waals surface area (Å²) in [5, 5.41) is 13.9. The Balaban J connectivity index is 2.57. The van der Waals surface area contributed by atoms with Crippen molar-refractivity contribution in [2.45, 2.75) is 13.3 Å². The fraction of sp³-hybridized carbons (Fsp3) is 0.231. The first-order valence-electron chi connectivity index (χ1n) is 5.93. The molecule has 0 amide bonds. The molecule has 0 fully saturated rings. The van der Waals surface area contributed by atoms with E-state index in [0.29, 0.717) is 11.3 Å². The van der Waals surface area contributed by atoms with Crippen molar-refractivity contribution in [3.05, 3.63) is 46.3 Å². The zero-order valence-corrected chi connectivity index (χ0v) is 10.8. The highest BCUT2D eigenvalue weighted by Gasteiger charge is 2.22. The average Bonchev–Trinajstić information content (AvgIpc) is 2.46. The average molecular weight is 258 g/mol. The van der Waals surface area contributed by atoms with Gasteiger partial charge in [0.25, 0.3) is 0 Å². The molecule has 1 N–H and O–H groups in total. The van der Waals surface area contributed by atoms with Gasteiger partial charge < -0.3 is 5.32 Å². The molecule has 1 aromatic carbocycles. The molecule has 2 aromatic rings. The zero-order valence-electron chi connectivity index (χ0n) is 10.8. The highest BCUT2D eigenvalue weighted by atomic mass is 16.6. The summed E-state index contributed by atoms with van der Waals surface area (Å²) in [5.41, 5.74) is 2.11. The first kappa shape index (κ1) is 12.9. The Morgan fingerprint density at radius 2 is 1.95 bits per heavy atom. The molecule has 0 atom stereocenters. The predicted molar refractivity (Wildman–Crippen MR) is 73.0 cm³/mol. The zero-order chi connectivity index (χ0) is 13.8. The van der Waals surface area contributed by atoms with Crippen molar-refractivity contribution in [2.75, 3.05) is 12.4 Å². The fourth-order valence-corrected chi connectivity index (χ4v) is 1.84. The summed E-state index contributed by atoms with van der Waals surface area (Å²) in [4.78, 5) is 18.6. The van der Waals surface area contributed by atoms with Crippen LogP contribution in [0.3, 0.4) is 0 Å². The minimum absolute atomic E-state index is 0.103. The van der Waals surface area contributed by atoms with Gasteiger partial charge in [-0.25, -0.2) is 9.97 Å². The summed E-state index contributed by atoms with van der Waals surface area (Å²) in [6.45, 7) is 2.06. The van der Waals surface area contributed by atoms with Crippen LogP contribution in [0.2, 0.25) is 0 Å². The van der Waals surface area contributed by atoms with Crippen LogP contribution >= 0.6 is 0 Å². The highest BCUT2D eigenvalue weighted by molar-refractivity contribution is 5.76. The Labute approximate surface area is 110 Å². The lowest BCUT2D eigenvalue weighted by atomic mass is 10.1. The van der Waals surface area contributed by atoms with Crippen LogP contribution in [0.15, 0.2) is 30.6 Å². The van der Waals surface area contributed by atoms with Gasteiger partial charge in [-0.05, 0) is 12.0 Å². The smallest absolute Gasteiger partial charge is 0.337 e. The predicted octanol–water partition coefficient (Wildman–Crippen LogP) is 2.66. The maximum Gasteiger partial charge on any atom is 0.337 e. The Kier molecular flexibility index (Phi) is 3.70. The molecular weight excluding hydrogens is 244 g/mol. The van der Waals surface area contributed by atoms with Gasteiger partial charge in [0.15, 0.2) is 5.69 Å². The van der Waals surface area contributed by atoms with E-state index >= 15 is 0 Å². The van der Waals surface area contributed by atoms with E-state index in [0.717, 1.165) is 6.42 Å². The largest absolute Gasteiger partial charge is 0.367 e. The number of benzene rings is 1. The highest BCUT2D eigenvalue weighted by Crippen LogP contribution is 2.32. The Morgan fingerprint density at radius 1 is 1.26 bits per heavy atom. The first-order valence-corrected chi connectivity index (χ1v) is 5.93. The van der Waals surface area contributed by atoms with E-state index in [1.807, 2.05) is 24.3 Å². The molecule has 1 heterocycles. The molecule has 0 aliphatic heterocycles. The maximum absolute atomic E-state index is 11.2. The number of nitro groups is 1. The van der Waals surface area contributed by atoms with E-state index < -0.39 is 4.92 Å². The van der Waals surface area contributed by atoms with Crippen LogP contribution in [0, 0.1) is 10.1 Å². The third kappa shape index (κ3) is 2.52. The molecule has 1 aromatic heterocycles. The van der Waals surface area contributed by atoms with Gasteiger partial charge in [0, 0.05) is 12.6 Å². The molecule has 6 nitrogen and oxygen atoms in total. The van der Waals surface area contributed by atoms with Crippen LogP contribution < -0.4 is 5.32 Å². The maximum atomic E-state index is 11.2. The van der Waals surface area contributed by atoms with Gasteiger partial charge >= 0.3 is 5.69 Å². The Bertz CT molecular complexity index is 596. The number of rotatable bonds is 4. The molecule has 0 saturated heterocycles. The van der Waals surface area contributed by atoms with Crippen LogP contribution in [-0.4, -0.2) is 21.9 Å². The Hall–Kier alpha value is -2.50. The van der Waals surface area contributed by atoms with E-state index in [1.165, 1.54) is 11.9 Å². The minimum Gasteiger partial charge on any atom is -0.367 e. The monoisotopic (exact) mass is 258 g/mol. The quantitative estimate of drug-likeness (QED) is 0.673. The van der Waals surface area contributed by atoms with Gasteiger partial charge in [-0.2, -0.15) is 0 Å². The number of aryl methyl sites for hydroxylation is 1. The van der Waals surface area contributed by atoms with Gasteiger partial charge in [0.05, 0.1) is 4.92 Å². The molecule has 6 heteroatoms. The van der Waals surface area contributed by atoms with Gasteiger partial charge in [-0.1, -0.05) is 31.2 Å². The standard InChI is InChI=1S/C13H14N4O2/c1-3-9-4-6-10(7-5-9)11-12(17(18)19)13(14-2)16-8-15-11/h4-8H,3H2,1-2H3,(H,14,15,16). The van der Waals surface area contributed by atoms with Crippen molar-refractivity contribution in [1.82, 2.24) is 9.97 Å². The van der Waals surface area contributed by atoms with Crippen molar-refractivity contribution >= 4 is 11.5 Å². The minimum atomic E-state index is -0.463. The number of hydrogen-bond acceptors (Lipinski definition) is 5. The molecule has 0 aliphatic carbocycles. The van der Waals surface area contributed by atoms with E-state index in [-0.39, 0.29) is 11.5 Å². The third-order valence-electron chi connectivity index (χ3n) is 2.88. The van der Waals surface area contributed by atoms with Crippen molar-refractivity contribution in [3.63, 3.8) is 0 Å². The summed E-state index contributed by atoms with van der Waals surface area (Å²) in [6, 6.07) is 7.57. The summed E-state index contributed by atoms with van der Waals surface area (Å²) in [5.74, 6) is 0.217. The SMILES string of the molecule is CCc1ccc(-c2ncnc(NC)c2[N+](=O)[O-])cc1. The lowest BCUT2D eigenvalue weighted by Crippen LogP contribution is -2.03. The topological polar surface area (TPSA) is 81.0 Å². The number of nitrogens with zero attached hydrogens (tertiary/aromatic N) is 3. The van der Waals surface area contributed by atoms with Crippen LogP contribution in [-0.2, 0) is 6.42 Å². The number of nitrogens with one attached hydrogen (secondary N) is 1. The van der Waals surface area contributed by atoms with Crippen LogP contribution in [0.4, 0.5) is 11.5 Å². The molecule has 19 heavy (non-hydrogen) atoms. The van der Waals surface area contributed by atoms with Gasteiger partial charge in [0.1, 0.15) is 6.33 Å². The molecule has 2 rings (SSSR count). The second-order valence-corrected chi connectivity index (χ2v) is 3.98. The molecule has 0 aliphatic rings. The van der Waals surface area contributed by atoms with Crippen molar-refractivity contribution in [2.24, 2.45) is 0 Å². The van der Waals surface area contributed by atoms with Crippen molar-refractivity contribution in [3.8, 4) is 11.3 Å². The normalized spacial score (nSPS) is 10.2. The van der Waals surface area contributed by atoms with Crippen molar-refractivity contribution < 1.29 is 4.92 Å². The van der Waals surface area contributed by atoms with Gasteiger partial charge in [-0.3, -0.25) is 10.1 Å². The summed E-state index contributed by atoms with van der Waals surface area (Å²) < 4.78 is 0. The number of aromatic nitrogens is 2. The third-order valence-corrected chi connectivity index (χ3v) is 2.88. The van der Waals surface area contributed by atoms with Crippen LogP contribution in [0.25, 0.3) is 11.3 Å². The fourth-order valence-electron chi connectivity index (χ4n) is 1.84. The second-order valence-electron chi connectivity index (χ2n) is 3.98. The van der Waals surface area contributed by atoms with E-state index in [1.54, 1.807) is 7.05 Å². The molecular formula is C13H14N4O2. The number of anilines is 1. The molecule has 98 valence electrons. The first-order chi connectivity index (χ1) is 9.17. The Morgan fingerprint density at radius 3 is 2.47 bits per heavy atom. The number of hydrogen-bond donors (Lipinski definition) is 1. The van der Waals surface area contributed by atoms with E-state index in [2.05, 4.69) is 22.2 Å². The van der Waals surface area contributed by atoms with E-state index in [9.17, 15) is 10.1 Å². The summed E-state index contributed by atoms with van der Waals surface area (Å²) in [6.07, 6.45) is 2.25.